The van der Waals surface area contributed by atoms with E-state index in [1.54, 1.807) is 6.07 Å². The minimum atomic E-state index is -0.475. The Hall–Kier alpha value is -0.900. The van der Waals surface area contributed by atoms with Crippen LogP contribution in [0.15, 0.2) is 22.7 Å². The van der Waals surface area contributed by atoms with Gasteiger partial charge in [0.15, 0.2) is 0 Å². The quantitative estimate of drug-likeness (QED) is 0.909. The SMILES string of the molecule is O=C(NCC1CCCC1)c1cc(Br)ccc1F. The first-order valence-electron chi connectivity index (χ1n) is 5.90. The zero-order chi connectivity index (χ0) is 12.3. The molecule has 0 saturated heterocycles. The molecule has 1 N–H and O–H groups in total. The van der Waals surface area contributed by atoms with E-state index in [0.29, 0.717) is 16.9 Å². The van der Waals surface area contributed by atoms with Crippen molar-refractivity contribution in [2.75, 3.05) is 6.54 Å². The minimum Gasteiger partial charge on any atom is -0.352 e. The first-order valence-corrected chi connectivity index (χ1v) is 6.69. The third-order valence-corrected chi connectivity index (χ3v) is 3.69. The van der Waals surface area contributed by atoms with Crippen LogP contribution >= 0.6 is 15.9 Å². The number of carbonyl (C=O) groups is 1. The number of rotatable bonds is 3. The van der Waals surface area contributed by atoms with Crippen molar-refractivity contribution in [1.82, 2.24) is 5.32 Å². The summed E-state index contributed by atoms with van der Waals surface area (Å²) in [6.45, 7) is 0.658. The van der Waals surface area contributed by atoms with Gasteiger partial charge in [-0.05, 0) is 37.0 Å². The van der Waals surface area contributed by atoms with Crippen molar-refractivity contribution in [1.29, 1.82) is 0 Å². The lowest BCUT2D eigenvalue weighted by atomic mass is 10.1. The third-order valence-electron chi connectivity index (χ3n) is 3.20. The smallest absolute Gasteiger partial charge is 0.254 e. The third kappa shape index (κ3) is 3.28. The van der Waals surface area contributed by atoms with Gasteiger partial charge in [0.25, 0.3) is 5.91 Å². The summed E-state index contributed by atoms with van der Waals surface area (Å²) in [7, 11) is 0. The summed E-state index contributed by atoms with van der Waals surface area (Å²) in [6, 6.07) is 4.40. The molecule has 0 atom stereocenters. The second-order valence-corrected chi connectivity index (χ2v) is 5.40. The molecule has 4 heteroatoms. The lowest BCUT2D eigenvalue weighted by Gasteiger charge is -2.11. The molecule has 0 heterocycles. The first kappa shape index (κ1) is 12.6. The fourth-order valence-corrected chi connectivity index (χ4v) is 2.58. The Kier molecular flexibility index (Phi) is 4.15. The Morgan fingerprint density at radius 1 is 1.41 bits per heavy atom. The van der Waals surface area contributed by atoms with Crippen LogP contribution in [0.4, 0.5) is 4.39 Å². The van der Waals surface area contributed by atoms with Gasteiger partial charge in [-0.2, -0.15) is 0 Å². The van der Waals surface area contributed by atoms with Gasteiger partial charge < -0.3 is 5.32 Å². The Labute approximate surface area is 109 Å². The molecule has 2 nitrogen and oxygen atoms in total. The first-order chi connectivity index (χ1) is 8.16. The molecule has 1 aromatic carbocycles. The monoisotopic (exact) mass is 299 g/mol. The van der Waals surface area contributed by atoms with E-state index in [1.165, 1.54) is 37.8 Å². The maximum Gasteiger partial charge on any atom is 0.254 e. The van der Waals surface area contributed by atoms with Crippen molar-refractivity contribution in [2.45, 2.75) is 25.7 Å². The highest BCUT2D eigenvalue weighted by atomic mass is 79.9. The van der Waals surface area contributed by atoms with Crippen LogP contribution in [-0.2, 0) is 0 Å². The van der Waals surface area contributed by atoms with Crippen LogP contribution < -0.4 is 5.32 Å². The molecule has 1 amide bonds. The molecule has 1 aliphatic carbocycles. The van der Waals surface area contributed by atoms with E-state index < -0.39 is 5.82 Å². The van der Waals surface area contributed by atoms with Crippen LogP contribution in [0.25, 0.3) is 0 Å². The predicted molar refractivity (Wildman–Crippen MR) is 68.4 cm³/mol. The maximum absolute atomic E-state index is 13.4. The highest BCUT2D eigenvalue weighted by molar-refractivity contribution is 9.10. The fraction of sp³-hybridized carbons (Fsp3) is 0.462. The fourth-order valence-electron chi connectivity index (χ4n) is 2.22. The molecule has 92 valence electrons. The van der Waals surface area contributed by atoms with Gasteiger partial charge in [0.1, 0.15) is 5.82 Å². The van der Waals surface area contributed by atoms with Gasteiger partial charge in [-0.15, -0.1) is 0 Å². The number of carbonyl (C=O) groups excluding carboxylic acids is 1. The summed E-state index contributed by atoms with van der Waals surface area (Å²) >= 11 is 3.24. The van der Waals surface area contributed by atoms with Crippen molar-refractivity contribution in [3.63, 3.8) is 0 Å². The van der Waals surface area contributed by atoms with E-state index in [-0.39, 0.29) is 11.5 Å². The number of halogens is 2. The minimum absolute atomic E-state index is 0.109. The van der Waals surface area contributed by atoms with Crippen molar-refractivity contribution < 1.29 is 9.18 Å². The molecule has 0 aromatic heterocycles. The summed E-state index contributed by atoms with van der Waals surface area (Å²) in [5.41, 5.74) is 0.109. The van der Waals surface area contributed by atoms with Gasteiger partial charge in [0, 0.05) is 11.0 Å². The molecule has 1 aromatic rings. The largest absolute Gasteiger partial charge is 0.352 e. The van der Waals surface area contributed by atoms with Gasteiger partial charge >= 0.3 is 0 Å². The van der Waals surface area contributed by atoms with Gasteiger partial charge in [0.05, 0.1) is 5.56 Å². The summed E-state index contributed by atoms with van der Waals surface area (Å²) < 4.78 is 14.2. The van der Waals surface area contributed by atoms with E-state index in [9.17, 15) is 9.18 Å². The van der Waals surface area contributed by atoms with Gasteiger partial charge in [-0.3, -0.25) is 4.79 Å². The van der Waals surface area contributed by atoms with Gasteiger partial charge in [-0.1, -0.05) is 28.8 Å². The molecule has 0 unspecified atom stereocenters. The summed E-state index contributed by atoms with van der Waals surface area (Å²) in [5, 5.41) is 2.81. The van der Waals surface area contributed by atoms with E-state index >= 15 is 0 Å². The number of nitrogens with one attached hydrogen (secondary N) is 1. The maximum atomic E-state index is 13.4. The Morgan fingerprint density at radius 2 is 2.12 bits per heavy atom. The average molecular weight is 300 g/mol. The van der Waals surface area contributed by atoms with Crippen molar-refractivity contribution in [2.24, 2.45) is 5.92 Å². The predicted octanol–water partition coefficient (Wildman–Crippen LogP) is 3.51. The van der Waals surface area contributed by atoms with Crippen LogP contribution in [-0.4, -0.2) is 12.5 Å². The molecular formula is C13H15BrFNO. The zero-order valence-corrected chi connectivity index (χ0v) is 11.1. The lowest BCUT2D eigenvalue weighted by Crippen LogP contribution is -2.29. The molecular weight excluding hydrogens is 285 g/mol. The van der Waals surface area contributed by atoms with E-state index in [1.807, 2.05) is 0 Å². The lowest BCUT2D eigenvalue weighted by molar-refractivity contribution is 0.0943. The van der Waals surface area contributed by atoms with Crippen molar-refractivity contribution in [3.05, 3.63) is 34.1 Å². The van der Waals surface area contributed by atoms with E-state index in [4.69, 9.17) is 0 Å². The Morgan fingerprint density at radius 3 is 2.82 bits per heavy atom. The highest BCUT2D eigenvalue weighted by Crippen LogP contribution is 2.24. The van der Waals surface area contributed by atoms with E-state index in [2.05, 4.69) is 21.2 Å². The van der Waals surface area contributed by atoms with Gasteiger partial charge in [0.2, 0.25) is 0 Å². The zero-order valence-electron chi connectivity index (χ0n) is 9.51. The molecule has 2 rings (SSSR count). The highest BCUT2D eigenvalue weighted by Gasteiger charge is 2.17. The summed E-state index contributed by atoms with van der Waals surface area (Å²) in [4.78, 5) is 11.8. The molecule has 17 heavy (non-hydrogen) atoms. The Bertz CT molecular complexity index is 416. The topological polar surface area (TPSA) is 29.1 Å². The number of benzene rings is 1. The molecule has 0 bridgehead atoms. The van der Waals surface area contributed by atoms with E-state index in [0.717, 1.165) is 0 Å². The molecule has 1 aliphatic rings. The normalized spacial score (nSPS) is 16.1. The standard InChI is InChI=1S/C13H15BrFNO/c14-10-5-6-12(15)11(7-10)13(17)16-8-9-3-1-2-4-9/h5-7,9H,1-4,8H2,(H,16,17). The number of hydrogen-bond donors (Lipinski definition) is 1. The number of hydrogen-bond acceptors (Lipinski definition) is 1. The molecule has 1 fully saturated rings. The molecule has 1 saturated carbocycles. The van der Waals surface area contributed by atoms with Crippen LogP contribution in [0.2, 0.25) is 0 Å². The van der Waals surface area contributed by atoms with Crippen molar-refractivity contribution >= 4 is 21.8 Å². The summed E-state index contributed by atoms with van der Waals surface area (Å²) in [5.74, 6) is -0.234. The molecule has 0 radical (unpaired) electrons. The van der Waals surface area contributed by atoms with Crippen LogP contribution in [0.1, 0.15) is 36.0 Å². The second-order valence-electron chi connectivity index (χ2n) is 4.48. The summed E-state index contributed by atoms with van der Waals surface area (Å²) in [6.07, 6.45) is 4.82. The molecule has 0 spiro atoms. The van der Waals surface area contributed by atoms with Crippen LogP contribution in [0, 0.1) is 11.7 Å². The second kappa shape index (κ2) is 5.63. The van der Waals surface area contributed by atoms with Crippen LogP contribution in [0.3, 0.4) is 0 Å². The van der Waals surface area contributed by atoms with Gasteiger partial charge in [-0.25, -0.2) is 4.39 Å². The van der Waals surface area contributed by atoms with Crippen LogP contribution in [0.5, 0.6) is 0 Å². The average Bonchev–Trinajstić information content (AvgIpc) is 2.82. The Balaban J connectivity index is 1.96. The number of amides is 1. The molecule has 0 aliphatic heterocycles. The van der Waals surface area contributed by atoms with Crippen molar-refractivity contribution in [3.8, 4) is 0 Å².